The second-order valence-electron chi connectivity index (χ2n) is 5.93. The number of aromatic hydroxyl groups is 1. The maximum atomic E-state index is 11.9. The largest absolute Gasteiger partial charge is 0.508 e. The zero-order valence-electron chi connectivity index (χ0n) is 13.9. The summed E-state index contributed by atoms with van der Waals surface area (Å²) in [6.45, 7) is 2.45. The van der Waals surface area contributed by atoms with Crippen molar-refractivity contribution in [1.82, 2.24) is 15.0 Å². The number of aromatic nitrogens is 3. The molecule has 8 nitrogen and oxygen atoms in total. The normalized spacial score (nSPS) is 15.5. The molecule has 0 spiro atoms. The number of nitrogens with zero attached hydrogens (tertiary/aromatic N) is 4. The molecule has 3 heterocycles. The maximum absolute atomic E-state index is 11.9. The number of thiazole rings is 1. The minimum absolute atomic E-state index is 0.0179. The van der Waals surface area contributed by atoms with Crippen LogP contribution in [-0.2, 0) is 14.6 Å². The van der Waals surface area contributed by atoms with E-state index in [9.17, 15) is 13.5 Å². The van der Waals surface area contributed by atoms with E-state index >= 15 is 0 Å². The van der Waals surface area contributed by atoms with Crippen LogP contribution in [0.5, 0.6) is 5.75 Å². The van der Waals surface area contributed by atoms with Gasteiger partial charge in [0.2, 0.25) is 14.2 Å². The van der Waals surface area contributed by atoms with Crippen LogP contribution >= 0.6 is 11.3 Å². The lowest BCUT2D eigenvalue weighted by Crippen LogP contribution is -2.36. The van der Waals surface area contributed by atoms with E-state index in [1.54, 1.807) is 24.3 Å². The summed E-state index contributed by atoms with van der Waals surface area (Å²) in [7, 11) is -3.44. The number of hydrogen-bond acceptors (Lipinski definition) is 9. The van der Waals surface area contributed by atoms with E-state index in [0.29, 0.717) is 53.9 Å². The van der Waals surface area contributed by atoms with Crippen molar-refractivity contribution in [3.05, 3.63) is 24.3 Å². The first kappa shape index (κ1) is 17.1. The van der Waals surface area contributed by atoms with Crippen molar-refractivity contribution in [2.75, 3.05) is 37.5 Å². The maximum Gasteiger partial charge on any atom is 0.211 e. The van der Waals surface area contributed by atoms with Gasteiger partial charge in [0.05, 0.1) is 13.2 Å². The number of fused-ring (bicyclic) bond motifs is 1. The quantitative estimate of drug-likeness (QED) is 0.718. The topological polar surface area (TPSA) is 106 Å². The minimum atomic E-state index is -3.44. The van der Waals surface area contributed by atoms with Gasteiger partial charge in [-0.15, -0.1) is 0 Å². The standard InChI is InChI=1S/C16H16N4O4S2/c1-26(22,23)16-19-14-12(25-16)15(20-5-7-24-8-6-20)18-13(17-14)10-3-2-4-11(21)9-10/h2-4,9,21H,5-8H2,1H3. The predicted molar refractivity (Wildman–Crippen MR) is 98.5 cm³/mol. The number of phenolic OH excluding ortho intramolecular Hbond substituents is 1. The monoisotopic (exact) mass is 392 g/mol. The lowest BCUT2D eigenvalue weighted by Gasteiger charge is -2.28. The predicted octanol–water partition coefficient (Wildman–Crippen LogP) is 1.70. The molecule has 1 aromatic carbocycles. The molecule has 26 heavy (non-hydrogen) atoms. The Morgan fingerprint density at radius 1 is 1.19 bits per heavy atom. The molecule has 3 aromatic rings. The molecule has 136 valence electrons. The third kappa shape index (κ3) is 3.22. The summed E-state index contributed by atoms with van der Waals surface area (Å²) in [5, 5.41) is 9.74. The van der Waals surface area contributed by atoms with Crippen molar-refractivity contribution >= 4 is 37.3 Å². The van der Waals surface area contributed by atoms with Gasteiger partial charge < -0.3 is 14.7 Å². The summed E-state index contributed by atoms with van der Waals surface area (Å²) in [4.78, 5) is 15.3. The van der Waals surface area contributed by atoms with Crippen LogP contribution in [0.2, 0.25) is 0 Å². The van der Waals surface area contributed by atoms with Crippen molar-refractivity contribution < 1.29 is 18.3 Å². The van der Waals surface area contributed by atoms with Crippen LogP contribution in [0.3, 0.4) is 0 Å². The van der Waals surface area contributed by atoms with E-state index in [0.717, 1.165) is 17.6 Å². The lowest BCUT2D eigenvalue weighted by molar-refractivity contribution is 0.122. The van der Waals surface area contributed by atoms with Crippen LogP contribution in [-0.4, -0.2) is 61.0 Å². The van der Waals surface area contributed by atoms with Crippen LogP contribution in [0.25, 0.3) is 21.7 Å². The number of sulfone groups is 1. The molecule has 0 unspecified atom stereocenters. The van der Waals surface area contributed by atoms with Gasteiger partial charge in [-0.3, -0.25) is 0 Å². The van der Waals surface area contributed by atoms with Crippen molar-refractivity contribution in [3.63, 3.8) is 0 Å². The number of ether oxygens (including phenoxy) is 1. The molecule has 0 radical (unpaired) electrons. The molecule has 0 aliphatic carbocycles. The summed E-state index contributed by atoms with van der Waals surface area (Å²) >= 11 is 1.08. The number of rotatable bonds is 3. The molecule has 0 atom stereocenters. The number of hydrogen-bond donors (Lipinski definition) is 1. The molecule has 1 saturated heterocycles. The molecule has 4 rings (SSSR count). The van der Waals surface area contributed by atoms with Gasteiger partial charge in [0.15, 0.2) is 17.3 Å². The Balaban J connectivity index is 1.94. The second kappa shape index (κ2) is 6.45. The fourth-order valence-electron chi connectivity index (χ4n) is 2.71. The molecule has 1 aliphatic heterocycles. The highest BCUT2D eigenvalue weighted by molar-refractivity contribution is 7.92. The third-order valence-corrected chi connectivity index (χ3v) is 6.67. The number of morpholine rings is 1. The van der Waals surface area contributed by atoms with E-state index < -0.39 is 9.84 Å². The Labute approximate surface area is 154 Å². The molecule has 10 heteroatoms. The number of benzene rings is 1. The number of phenols is 1. The molecule has 1 fully saturated rings. The van der Waals surface area contributed by atoms with Crippen molar-refractivity contribution in [2.24, 2.45) is 0 Å². The average molecular weight is 392 g/mol. The molecule has 1 aliphatic rings. The summed E-state index contributed by atoms with van der Waals surface area (Å²) < 4.78 is 29.9. The van der Waals surface area contributed by atoms with E-state index in [4.69, 9.17) is 4.74 Å². The Kier molecular flexibility index (Phi) is 4.25. The summed E-state index contributed by atoms with van der Waals surface area (Å²) in [6, 6.07) is 6.62. The number of anilines is 1. The van der Waals surface area contributed by atoms with Crippen LogP contribution in [0, 0.1) is 0 Å². The molecule has 2 aromatic heterocycles. The van der Waals surface area contributed by atoms with E-state index in [2.05, 4.69) is 15.0 Å². The first-order valence-corrected chi connectivity index (χ1v) is 10.6. The van der Waals surface area contributed by atoms with Crippen molar-refractivity contribution in [2.45, 2.75) is 4.34 Å². The van der Waals surface area contributed by atoms with E-state index in [-0.39, 0.29) is 10.1 Å². The SMILES string of the molecule is CS(=O)(=O)c1nc2nc(-c3cccc(O)c3)nc(N3CCOCC3)c2s1. The highest BCUT2D eigenvalue weighted by Crippen LogP contribution is 2.34. The van der Waals surface area contributed by atoms with Crippen molar-refractivity contribution in [3.8, 4) is 17.1 Å². The van der Waals surface area contributed by atoms with Gasteiger partial charge in [0, 0.05) is 24.9 Å². The fourth-order valence-corrected chi connectivity index (χ4v) is 4.58. The van der Waals surface area contributed by atoms with Gasteiger partial charge in [-0.25, -0.2) is 23.4 Å². The molecular formula is C16H16N4O4S2. The van der Waals surface area contributed by atoms with Crippen LogP contribution in [0.4, 0.5) is 5.82 Å². The highest BCUT2D eigenvalue weighted by Gasteiger charge is 2.23. The Hall–Kier alpha value is -2.30. The first-order chi connectivity index (χ1) is 12.4. The fraction of sp³-hybridized carbons (Fsp3) is 0.312. The van der Waals surface area contributed by atoms with Crippen LogP contribution in [0.15, 0.2) is 28.6 Å². The van der Waals surface area contributed by atoms with Gasteiger partial charge in [-0.2, -0.15) is 0 Å². The Morgan fingerprint density at radius 2 is 1.96 bits per heavy atom. The molecule has 1 N–H and O–H groups in total. The Bertz CT molecular complexity index is 1080. The molecular weight excluding hydrogens is 376 g/mol. The van der Waals surface area contributed by atoms with E-state index in [1.807, 2.05) is 4.90 Å². The smallest absolute Gasteiger partial charge is 0.211 e. The zero-order chi connectivity index (χ0) is 18.3. The summed E-state index contributed by atoms with van der Waals surface area (Å²) in [5.74, 6) is 1.14. The van der Waals surface area contributed by atoms with E-state index in [1.165, 1.54) is 0 Å². The average Bonchev–Trinajstić information content (AvgIpc) is 3.06. The molecule has 0 saturated carbocycles. The summed E-state index contributed by atoms with van der Waals surface area (Å²) in [6.07, 6.45) is 1.13. The van der Waals surface area contributed by atoms with Crippen molar-refractivity contribution in [1.29, 1.82) is 0 Å². The van der Waals surface area contributed by atoms with Crippen LogP contribution in [0.1, 0.15) is 0 Å². The zero-order valence-corrected chi connectivity index (χ0v) is 15.5. The minimum Gasteiger partial charge on any atom is -0.508 e. The van der Waals surface area contributed by atoms with Crippen LogP contribution < -0.4 is 4.90 Å². The van der Waals surface area contributed by atoms with Gasteiger partial charge in [-0.05, 0) is 12.1 Å². The molecule has 0 bridgehead atoms. The first-order valence-electron chi connectivity index (χ1n) is 7.92. The lowest BCUT2D eigenvalue weighted by atomic mass is 10.2. The van der Waals surface area contributed by atoms with Gasteiger partial charge in [0.25, 0.3) is 0 Å². The second-order valence-corrected chi connectivity index (χ2v) is 9.11. The van der Waals surface area contributed by atoms with Gasteiger partial charge in [-0.1, -0.05) is 23.5 Å². The summed E-state index contributed by atoms with van der Waals surface area (Å²) in [5.41, 5.74) is 0.973. The molecule has 0 amide bonds. The Morgan fingerprint density at radius 3 is 2.65 bits per heavy atom. The van der Waals surface area contributed by atoms with Gasteiger partial charge in [0.1, 0.15) is 10.4 Å². The van der Waals surface area contributed by atoms with Gasteiger partial charge >= 0.3 is 0 Å². The highest BCUT2D eigenvalue weighted by atomic mass is 32.2. The third-order valence-electron chi connectivity index (χ3n) is 3.95.